The Morgan fingerprint density at radius 2 is 1.62 bits per heavy atom. The number of carboxylic acid groups (broad SMARTS) is 1. The molecule has 0 atom stereocenters. The van der Waals surface area contributed by atoms with E-state index in [1.54, 1.807) is 12.1 Å². The van der Waals surface area contributed by atoms with Gasteiger partial charge in [0.1, 0.15) is 0 Å². The van der Waals surface area contributed by atoms with Gasteiger partial charge in [0, 0.05) is 29.0 Å². The van der Waals surface area contributed by atoms with E-state index >= 15 is 0 Å². The van der Waals surface area contributed by atoms with E-state index in [4.69, 9.17) is 0 Å². The van der Waals surface area contributed by atoms with Gasteiger partial charge in [-0.3, -0.25) is 14.5 Å². The summed E-state index contributed by atoms with van der Waals surface area (Å²) in [5.74, 6) is -0.413. The Morgan fingerprint density at radius 1 is 1.00 bits per heavy atom. The number of carboxylic acids is 1. The van der Waals surface area contributed by atoms with Gasteiger partial charge in [-0.25, -0.2) is 0 Å². The highest BCUT2D eigenvalue weighted by Crippen LogP contribution is 2.30. The van der Waals surface area contributed by atoms with E-state index in [1.165, 1.54) is 16.7 Å². The van der Waals surface area contributed by atoms with Gasteiger partial charge in [0.05, 0.1) is 0 Å². The third kappa shape index (κ3) is 3.14. The minimum Gasteiger partial charge on any atom is -0.550 e. The first-order valence-corrected chi connectivity index (χ1v) is 8.90. The quantitative estimate of drug-likeness (QED) is 0.565. The van der Waals surface area contributed by atoms with E-state index in [2.05, 4.69) is 0 Å². The van der Waals surface area contributed by atoms with Crippen LogP contribution in [-0.2, 0) is 4.79 Å². The Morgan fingerprint density at radius 3 is 2.21 bits per heavy atom. The second-order valence-corrected chi connectivity index (χ2v) is 6.78. The van der Waals surface area contributed by atoms with Crippen molar-refractivity contribution in [2.75, 3.05) is 18.1 Å². The standard InChI is InChI=1S/C18H17NO4S/c20-15(21)8-11-24-10-3-9-19-17(22)13-6-1-4-12-5-2-7-14(16(12)13)18(19)23/h1-2,4-7H,3,8-11H2,(H,20,21)/p-1. The van der Waals surface area contributed by atoms with E-state index in [0.717, 1.165) is 10.8 Å². The van der Waals surface area contributed by atoms with Crippen molar-refractivity contribution in [3.05, 3.63) is 47.5 Å². The molecule has 0 radical (unpaired) electrons. The number of aliphatic carboxylic acids is 1. The third-order valence-electron chi connectivity index (χ3n) is 3.98. The maximum absolute atomic E-state index is 12.6. The van der Waals surface area contributed by atoms with Crippen LogP contribution in [0.25, 0.3) is 10.8 Å². The number of nitrogens with zero attached hydrogens (tertiary/aromatic N) is 1. The number of imide groups is 1. The average molecular weight is 342 g/mol. The molecule has 5 nitrogen and oxygen atoms in total. The normalized spacial score (nSPS) is 13.6. The largest absolute Gasteiger partial charge is 0.550 e. The highest BCUT2D eigenvalue weighted by Gasteiger charge is 2.31. The molecule has 124 valence electrons. The molecule has 1 aliphatic rings. The first-order chi connectivity index (χ1) is 11.6. The minimum absolute atomic E-state index is 0.0155. The minimum atomic E-state index is -1.06. The number of amides is 2. The van der Waals surface area contributed by atoms with Gasteiger partial charge >= 0.3 is 0 Å². The molecule has 3 rings (SSSR count). The second kappa shape index (κ2) is 7.05. The third-order valence-corrected chi connectivity index (χ3v) is 5.05. The molecule has 0 saturated heterocycles. The van der Waals surface area contributed by atoms with Crippen molar-refractivity contribution < 1.29 is 19.5 Å². The number of thioether (sulfide) groups is 1. The Balaban J connectivity index is 1.70. The summed E-state index contributed by atoms with van der Waals surface area (Å²) in [6.07, 6.45) is 0.648. The lowest BCUT2D eigenvalue weighted by Crippen LogP contribution is -2.41. The molecule has 24 heavy (non-hydrogen) atoms. The Bertz CT molecular complexity index is 767. The number of rotatable bonds is 7. The molecular weight excluding hydrogens is 326 g/mol. The van der Waals surface area contributed by atoms with Crippen molar-refractivity contribution in [1.29, 1.82) is 0 Å². The molecule has 0 aliphatic carbocycles. The van der Waals surface area contributed by atoms with Gasteiger partial charge in [0.15, 0.2) is 0 Å². The lowest BCUT2D eigenvalue weighted by atomic mass is 9.94. The zero-order valence-electron chi connectivity index (χ0n) is 13.0. The summed E-state index contributed by atoms with van der Waals surface area (Å²) in [5, 5.41) is 12.0. The van der Waals surface area contributed by atoms with Gasteiger partial charge in [0.25, 0.3) is 11.8 Å². The van der Waals surface area contributed by atoms with Crippen LogP contribution in [0.1, 0.15) is 33.6 Å². The Labute approximate surface area is 143 Å². The molecule has 2 aromatic carbocycles. The first-order valence-electron chi connectivity index (χ1n) is 7.75. The summed E-state index contributed by atoms with van der Waals surface area (Å²) in [6.45, 7) is 0.334. The molecule has 2 amide bonds. The lowest BCUT2D eigenvalue weighted by Gasteiger charge is -2.27. The van der Waals surface area contributed by atoms with Gasteiger partial charge < -0.3 is 9.90 Å². The van der Waals surface area contributed by atoms with Crippen molar-refractivity contribution in [3.8, 4) is 0 Å². The summed E-state index contributed by atoms with van der Waals surface area (Å²) >= 11 is 1.48. The first kappa shape index (κ1) is 16.5. The maximum atomic E-state index is 12.6. The SMILES string of the molecule is O=C([O-])CCSCCCN1C(=O)c2cccc3cccc(c23)C1=O. The summed E-state index contributed by atoms with van der Waals surface area (Å²) < 4.78 is 0. The molecule has 1 aliphatic heterocycles. The van der Waals surface area contributed by atoms with Crippen LogP contribution in [0.5, 0.6) is 0 Å². The van der Waals surface area contributed by atoms with Gasteiger partial charge in [-0.05, 0) is 41.9 Å². The van der Waals surface area contributed by atoms with Gasteiger partial charge in [-0.1, -0.05) is 24.3 Å². The van der Waals surface area contributed by atoms with Crippen LogP contribution in [-0.4, -0.2) is 40.7 Å². The summed E-state index contributed by atoms with van der Waals surface area (Å²) in [5.41, 5.74) is 1.12. The zero-order chi connectivity index (χ0) is 17.1. The highest BCUT2D eigenvalue weighted by atomic mass is 32.2. The molecule has 1 heterocycles. The highest BCUT2D eigenvalue weighted by molar-refractivity contribution is 7.99. The molecule has 2 aromatic rings. The summed E-state index contributed by atoms with van der Waals surface area (Å²) in [7, 11) is 0. The van der Waals surface area contributed by atoms with Crippen LogP contribution in [0.3, 0.4) is 0 Å². The predicted molar refractivity (Wildman–Crippen MR) is 90.9 cm³/mol. The van der Waals surface area contributed by atoms with Crippen molar-refractivity contribution in [2.24, 2.45) is 0 Å². The predicted octanol–water partition coefficient (Wildman–Crippen LogP) is 1.70. The van der Waals surface area contributed by atoms with Crippen LogP contribution in [0.4, 0.5) is 0 Å². The van der Waals surface area contributed by atoms with Crippen LogP contribution < -0.4 is 5.11 Å². The molecule has 0 aromatic heterocycles. The summed E-state index contributed by atoms with van der Waals surface area (Å²) in [6, 6.07) is 10.9. The molecule has 0 fully saturated rings. The van der Waals surface area contributed by atoms with Crippen LogP contribution in [0.2, 0.25) is 0 Å². The molecule has 6 heteroatoms. The average Bonchev–Trinajstić information content (AvgIpc) is 2.58. The van der Waals surface area contributed by atoms with E-state index in [0.29, 0.717) is 35.6 Å². The number of hydrogen-bond donors (Lipinski definition) is 0. The van der Waals surface area contributed by atoms with Crippen LogP contribution in [0, 0.1) is 0 Å². The van der Waals surface area contributed by atoms with Gasteiger partial charge in [-0.2, -0.15) is 11.8 Å². The number of benzene rings is 2. The van der Waals surface area contributed by atoms with E-state index in [9.17, 15) is 19.5 Å². The molecule has 0 saturated carbocycles. The van der Waals surface area contributed by atoms with Gasteiger partial charge in [0.2, 0.25) is 0 Å². The fourth-order valence-electron chi connectivity index (χ4n) is 2.87. The zero-order valence-corrected chi connectivity index (χ0v) is 13.8. The fourth-order valence-corrected chi connectivity index (χ4v) is 3.71. The lowest BCUT2D eigenvalue weighted by molar-refractivity contribution is -0.305. The fraction of sp³-hybridized carbons (Fsp3) is 0.278. The summed E-state index contributed by atoms with van der Waals surface area (Å²) in [4.78, 5) is 36.9. The van der Waals surface area contributed by atoms with Crippen molar-refractivity contribution in [2.45, 2.75) is 12.8 Å². The molecule has 0 spiro atoms. The van der Waals surface area contributed by atoms with E-state index < -0.39 is 5.97 Å². The van der Waals surface area contributed by atoms with E-state index in [1.807, 2.05) is 24.3 Å². The smallest absolute Gasteiger partial charge is 0.261 e. The second-order valence-electron chi connectivity index (χ2n) is 5.56. The number of carbonyl (C=O) groups is 3. The molecule has 0 unspecified atom stereocenters. The Kier molecular flexibility index (Phi) is 4.85. The molecule has 0 N–H and O–H groups in total. The van der Waals surface area contributed by atoms with Crippen LogP contribution in [0.15, 0.2) is 36.4 Å². The van der Waals surface area contributed by atoms with Gasteiger partial charge in [-0.15, -0.1) is 0 Å². The van der Waals surface area contributed by atoms with Crippen molar-refractivity contribution in [1.82, 2.24) is 4.90 Å². The number of carbonyl (C=O) groups excluding carboxylic acids is 3. The molecular formula is C18H16NO4S-. The van der Waals surface area contributed by atoms with Crippen molar-refractivity contribution in [3.63, 3.8) is 0 Å². The number of hydrogen-bond acceptors (Lipinski definition) is 5. The molecule has 0 bridgehead atoms. The monoisotopic (exact) mass is 342 g/mol. The topological polar surface area (TPSA) is 77.5 Å². The van der Waals surface area contributed by atoms with E-state index in [-0.39, 0.29) is 18.2 Å². The Hall–Kier alpha value is -2.34. The maximum Gasteiger partial charge on any atom is 0.261 e. The van der Waals surface area contributed by atoms with Crippen molar-refractivity contribution >= 4 is 40.3 Å². The van der Waals surface area contributed by atoms with Crippen LogP contribution >= 0.6 is 11.8 Å².